The molecule has 0 saturated heterocycles. The second-order valence-electron chi connectivity index (χ2n) is 4.47. The van der Waals surface area contributed by atoms with Gasteiger partial charge < -0.3 is 10.0 Å². The molecular formula is C16H16ClNO2. The van der Waals surface area contributed by atoms with Gasteiger partial charge in [-0.3, -0.25) is 4.79 Å². The second kappa shape index (κ2) is 6.44. The van der Waals surface area contributed by atoms with Crippen LogP contribution in [0.15, 0.2) is 48.5 Å². The zero-order chi connectivity index (χ0) is 14.5. The first-order valence-corrected chi connectivity index (χ1v) is 6.81. The van der Waals surface area contributed by atoms with E-state index >= 15 is 0 Å². The number of phenolic OH excluding ortho intramolecular Hbond substituents is 1. The van der Waals surface area contributed by atoms with E-state index in [4.69, 9.17) is 11.6 Å². The minimum Gasteiger partial charge on any atom is -0.507 e. The van der Waals surface area contributed by atoms with E-state index in [0.29, 0.717) is 18.1 Å². The van der Waals surface area contributed by atoms with Crippen LogP contribution in [0, 0.1) is 0 Å². The highest BCUT2D eigenvalue weighted by Crippen LogP contribution is 2.23. The fourth-order valence-electron chi connectivity index (χ4n) is 1.98. The fourth-order valence-corrected chi connectivity index (χ4v) is 2.15. The van der Waals surface area contributed by atoms with Gasteiger partial charge in [-0.2, -0.15) is 0 Å². The van der Waals surface area contributed by atoms with Crippen LogP contribution in [0.5, 0.6) is 5.75 Å². The van der Waals surface area contributed by atoms with Crippen LogP contribution in [-0.2, 0) is 6.54 Å². The van der Waals surface area contributed by atoms with Crippen LogP contribution in [0.2, 0.25) is 5.02 Å². The number of carbonyl (C=O) groups is 1. The molecule has 0 atom stereocenters. The predicted molar refractivity (Wildman–Crippen MR) is 80.0 cm³/mol. The summed E-state index contributed by atoms with van der Waals surface area (Å²) in [5, 5.41) is 10.2. The summed E-state index contributed by atoms with van der Waals surface area (Å²) < 4.78 is 0. The number of phenols is 1. The maximum absolute atomic E-state index is 12.5. The molecule has 0 unspecified atom stereocenters. The molecule has 0 aliphatic carbocycles. The average molecular weight is 290 g/mol. The molecule has 0 radical (unpaired) electrons. The quantitative estimate of drug-likeness (QED) is 0.932. The van der Waals surface area contributed by atoms with Gasteiger partial charge in [0.15, 0.2) is 0 Å². The Morgan fingerprint density at radius 2 is 1.90 bits per heavy atom. The number of benzene rings is 2. The van der Waals surface area contributed by atoms with Gasteiger partial charge in [0.2, 0.25) is 0 Å². The van der Waals surface area contributed by atoms with E-state index in [1.165, 1.54) is 12.1 Å². The number of halogens is 1. The third-order valence-electron chi connectivity index (χ3n) is 3.07. The summed E-state index contributed by atoms with van der Waals surface area (Å²) in [6.45, 7) is 2.96. The van der Waals surface area contributed by atoms with Crippen molar-refractivity contribution in [2.45, 2.75) is 13.5 Å². The zero-order valence-corrected chi connectivity index (χ0v) is 12.0. The second-order valence-corrected chi connectivity index (χ2v) is 4.90. The molecule has 0 fully saturated rings. The molecule has 0 aliphatic rings. The van der Waals surface area contributed by atoms with Crippen LogP contribution in [0.3, 0.4) is 0 Å². The highest BCUT2D eigenvalue weighted by atomic mass is 35.5. The maximum atomic E-state index is 12.5. The Kier molecular flexibility index (Phi) is 4.64. The van der Waals surface area contributed by atoms with Gasteiger partial charge in [-0.15, -0.1) is 0 Å². The van der Waals surface area contributed by atoms with E-state index in [2.05, 4.69) is 0 Å². The van der Waals surface area contributed by atoms with Crippen LogP contribution < -0.4 is 0 Å². The van der Waals surface area contributed by atoms with Crippen molar-refractivity contribution in [2.24, 2.45) is 0 Å². The summed E-state index contributed by atoms with van der Waals surface area (Å²) in [5.41, 5.74) is 1.28. The lowest BCUT2D eigenvalue weighted by molar-refractivity contribution is 0.0749. The van der Waals surface area contributed by atoms with Gasteiger partial charge >= 0.3 is 0 Å². The molecule has 0 heterocycles. The Labute approximate surface area is 123 Å². The smallest absolute Gasteiger partial charge is 0.257 e. The van der Waals surface area contributed by atoms with E-state index in [1.54, 1.807) is 11.0 Å². The minimum absolute atomic E-state index is 0.0501. The lowest BCUT2D eigenvalue weighted by Crippen LogP contribution is -2.30. The van der Waals surface area contributed by atoms with Gasteiger partial charge in [0.25, 0.3) is 5.91 Å². The summed E-state index contributed by atoms with van der Waals surface area (Å²) in [7, 11) is 0. The molecule has 1 amide bonds. The van der Waals surface area contributed by atoms with E-state index in [-0.39, 0.29) is 17.2 Å². The summed E-state index contributed by atoms with van der Waals surface area (Å²) in [6.07, 6.45) is 0. The molecule has 0 aliphatic heterocycles. The molecule has 0 bridgehead atoms. The normalized spacial score (nSPS) is 10.3. The number of nitrogens with zero attached hydrogens (tertiary/aromatic N) is 1. The minimum atomic E-state index is -0.226. The Bertz CT molecular complexity index is 599. The van der Waals surface area contributed by atoms with Crippen LogP contribution in [0.4, 0.5) is 0 Å². The molecule has 0 aromatic heterocycles. The molecule has 0 saturated carbocycles. The van der Waals surface area contributed by atoms with Crippen LogP contribution in [0.25, 0.3) is 0 Å². The third kappa shape index (κ3) is 3.31. The molecule has 2 aromatic rings. The first-order valence-electron chi connectivity index (χ1n) is 6.43. The molecular weight excluding hydrogens is 274 g/mol. The number of aromatic hydroxyl groups is 1. The van der Waals surface area contributed by atoms with Gasteiger partial charge in [-0.05, 0) is 30.7 Å². The SMILES string of the molecule is CCN(Cc1ccccc1)C(=O)c1cc(Cl)ccc1O. The van der Waals surface area contributed by atoms with E-state index < -0.39 is 0 Å². The van der Waals surface area contributed by atoms with Crippen molar-refractivity contribution in [3.8, 4) is 5.75 Å². The Morgan fingerprint density at radius 3 is 2.55 bits per heavy atom. The number of hydrogen-bond donors (Lipinski definition) is 1. The predicted octanol–water partition coefficient (Wildman–Crippen LogP) is 3.71. The largest absolute Gasteiger partial charge is 0.507 e. The molecule has 3 nitrogen and oxygen atoms in total. The van der Waals surface area contributed by atoms with Gasteiger partial charge in [-0.1, -0.05) is 41.9 Å². The highest BCUT2D eigenvalue weighted by Gasteiger charge is 2.18. The van der Waals surface area contributed by atoms with E-state index in [0.717, 1.165) is 5.56 Å². The number of carbonyl (C=O) groups excluding carboxylic acids is 1. The molecule has 1 N–H and O–H groups in total. The highest BCUT2D eigenvalue weighted by molar-refractivity contribution is 6.31. The fraction of sp³-hybridized carbons (Fsp3) is 0.188. The molecule has 4 heteroatoms. The van der Waals surface area contributed by atoms with Crippen molar-refractivity contribution in [1.29, 1.82) is 0 Å². The van der Waals surface area contributed by atoms with E-state index in [1.807, 2.05) is 37.3 Å². The third-order valence-corrected chi connectivity index (χ3v) is 3.31. The topological polar surface area (TPSA) is 40.5 Å². The number of amides is 1. The summed E-state index contributed by atoms with van der Waals surface area (Å²) >= 11 is 5.89. The Morgan fingerprint density at radius 1 is 1.20 bits per heavy atom. The lowest BCUT2D eigenvalue weighted by Gasteiger charge is -2.21. The van der Waals surface area contributed by atoms with Gasteiger partial charge in [0.1, 0.15) is 5.75 Å². The van der Waals surface area contributed by atoms with Gasteiger partial charge in [0, 0.05) is 18.1 Å². The van der Waals surface area contributed by atoms with Crippen molar-refractivity contribution in [3.05, 3.63) is 64.7 Å². The molecule has 104 valence electrons. The van der Waals surface area contributed by atoms with Crippen LogP contribution >= 0.6 is 11.6 Å². The summed E-state index contributed by atoms with van der Waals surface area (Å²) in [5.74, 6) is -0.276. The Hall–Kier alpha value is -2.00. The van der Waals surface area contributed by atoms with Crippen molar-refractivity contribution >= 4 is 17.5 Å². The average Bonchev–Trinajstić information content (AvgIpc) is 2.47. The van der Waals surface area contributed by atoms with Crippen molar-refractivity contribution in [1.82, 2.24) is 4.90 Å². The van der Waals surface area contributed by atoms with E-state index in [9.17, 15) is 9.90 Å². The first kappa shape index (κ1) is 14.4. The molecule has 0 spiro atoms. The zero-order valence-electron chi connectivity index (χ0n) is 11.2. The maximum Gasteiger partial charge on any atom is 0.257 e. The monoisotopic (exact) mass is 289 g/mol. The van der Waals surface area contributed by atoms with Crippen molar-refractivity contribution in [3.63, 3.8) is 0 Å². The summed E-state index contributed by atoms with van der Waals surface area (Å²) in [6, 6.07) is 14.2. The van der Waals surface area contributed by atoms with Gasteiger partial charge in [0.05, 0.1) is 5.56 Å². The lowest BCUT2D eigenvalue weighted by atomic mass is 10.1. The van der Waals surface area contributed by atoms with Crippen LogP contribution in [0.1, 0.15) is 22.8 Å². The molecule has 20 heavy (non-hydrogen) atoms. The first-order chi connectivity index (χ1) is 9.61. The summed E-state index contributed by atoms with van der Waals surface area (Å²) in [4.78, 5) is 14.1. The van der Waals surface area contributed by atoms with Crippen LogP contribution in [-0.4, -0.2) is 22.5 Å². The molecule has 2 aromatic carbocycles. The van der Waals surface area contributed by atoms with Crippen molar-refractivity contribution in [2.75, 3.05) is 6.54 Å². The van der Waals surface area contributed by atoms with Gasteiger partial charge in [-0.25, -0.2) is 0 Å². The Balaban J connectivity index is 2.23. The standard InChI is InChI=1S/C16H16ClNO2/c1-2-18(11-12-6-4-3-5-7-12)16(20)14-10-13(17)8-9-15(14)19/h3-10,19H,2,11H2,1H3. The molecule has 2 rings (SSSR count). The number of hydrogen-bond acceptors (Lipinski definition) is 2. The number of rotatable bonds is 4. The van der Waals surface area contributed by atoms with Crippen molar-refractivity contribution < 1.29 is 9.90 Å².